The summed E-state index contributed by atoms with van der Waals surface area (Å²) in [5.41, 5.74) is 0. The number of hydrogen-bond donors (Lipinski definition) is 1. The predicted molar refractivity (Wildman–Crippen MR) is 108 cm³/mol. The Balaban J connectivity index is 0.00000225. The van der Waals surface area contributed by atoms with Gasteiger partial charge in [-0.15, -0.1) is 0 Å². The molecule has 0 aromatic carbocycles. The molecule has 0 radical (unpaired) electrons. The molecule has 28 heavy (non-hydrogen) atoms. The number of quaternary nitrogens is 1. The number of carbonyl (C=O) groups is 1. The summed E-state index contributed by atoms with van der Waals surface area (Å²) in [5, 5.41) is 2.96. The first-order chi connectivity index (χ1) is 13.2. The summed E-state index contributed by atoms with van der Waals surface area (Å²) < 4.78 is 25.4. The summed E-state index contributed by atoms with van der Waals surface area (Å²) in [6.45, 7) is 5.90. The second-order valence-corrected chi connectivity index (χ2v) is 12.7. The van der Waals surface area contributed by atoms with E-state index in [4.69, 9.17) is 18.0 Å². The zero-order valence-corrected chi connectivity index (χ0v) is 17.2. The SMILES string of the molecule is C.O=C(COC1C#CCCCCC1)NCCC[Si-]123OCC[N+]1(CCO2)CCO3. The van der Waals surface area contributed by atoms with Crippen molar-refractivity contribution in [3.8, 4) is 11.8 Å². The molecule has 3 saturated heterocycles. The summed E-state index contributed by atoms with van der Waals surface area (Å²) in [4.78, 5) is 12.1. The van der Waals surface area contributed by atoms with Crippen molar-refractivity contribution in [2.24, 2.45) is 0 Å². The van der Waals surface area contributed by atoms with E-state index in [0.717, 1.165) is 75.3 Å². The molecule has 3 heterocycles. The summed E-state index contributed by atoms with van der Waals surface area (Å²) in [5.74, 6) is 6.19. The Kier molecular flexibility index (Phi) is 6.85. The van der Waals surface area contributed by atoms with Crippen LogP contribution in [0.1, 0.15) is 46.0 Å². The number of rotatable bonds is 7. The van der Waals surface area contributed by atoms with Crippen molar-refractivity contribution in [1.29, 1.82) is 0 Å². The normalized spacial score (nSPS) is 33.6. The van der Waals surface area contributed by atoms with Gasteiger partial charge in [-0.2, -0.15) is 0 Å². The summed E-state index contributed by atoms with van der Waals surface area (Å²) >= 11 is 0. The van der Waals surface area contributed by atoms with Crippen molar-refractivity contribution in [3.63, 3.8) is 0 Å². The molecule has 3 fully saturated rings. The Morgan fingerprint density at radius 2 is 1.82 bits per heavy atom. The monoisotopic (exact) mass is 412 g/mol. The van der Waals surface area contributed by atoms with Crippen LogP contribution >= 0.6 is 0 Å². The van der Waals surface area contributed by atoms with Gasteiger partial charge in [-0.05, 0) is 0 Å². The van der Waals surface area contributed by atoms with E-state index in [2.05, 4.69) is 17.2 Å². The number of ether oxygens (including phenoxy) is 1. The average Bonchev–Trinajstić information content (AvgIpc) is 3.18. The molecule has 160 valence electrons. The summed E-state index contributed by atoms with van der Waals surface area (Å²) in [6.07, 6.45) is 6.04. The van der Waals surface area contributed by atoms with Crippen molar-refractivity contribution < 1.29 is 27.0 Å². The minimum atomic E-state index is -3.31. The molecule has 1 amide bonds. The third kappa shape index (κ3) is 3.76. The second kappa shape index (κ2) is 8.82. The molecule has 0 saturated carbocycles. The molecule has 0 aromatic heterocycles. The van der Waals surface area contributed by atoms with Crippen molar-refractivity contribution >= 4 is 14.2 Å². The van der Waals surface area contributed by atoms with E-state index in [-0.39, 0.29) is 26.0 Å². The van der Waals surface area contributed by atoms with Gasteiger partial charge in [0.15, 0.2) is 0 Å². The van der Waals surface area contributed by atoms with Crippen LogP contribution in [-0.2, 0) is 22.8 Å². The number of carbonyl (C=O) groups excluding carboxylic acids is 1. The van der Waals surface area contributed by atoms with Crippen LogP contribution in [0.4, 0.5) is 0 Å². The average molecular weight is 413 g/mol. The van der Waals surface area contributed by atoms with Crippen molar-refractivity contribution in [1.82, 2.24) is 5.32 Å². The van der Waals surface area contributed by atoms with Gasteiger partial charge in [-0.3, -0.25) is 0 Å². The maximum atomic E-state index is 12.1. The van der Waals surface area contributed by atoms with Crippen LogP contribution in [0.5, 0.6) is 0 Å². The van der Waals surface area contributed by atoms with Gasteiger partial charge in [0.05, 0.1) is 0 Å². The molecule has 1 unspecified atom stereocenters. The van der Waals surface area contributed by atoms with Crippen molar-refractivity contribution in [2.45, 2.75) is 58.1 Å². The van der Waals surface area contributed by atoms with E-state index in [1.807, 2.05) is 0 Å². The molecule has 4 aliphatic rings. The standard InChI is InChI=1S/C19H32N2O5Si.CH4/c22-19(17-23-18-7-4-2-1-3-5-8-18)20-9-6-16-27-21(10-13-24-27,11-14-25-27)12-15-26-27;/h18H,1-4,6-7,9-17H2,(H,20,22);1H4. The van der Waals surface area contributed by atoms with Crippen LogP contribution in [0, 0.1) is 11.8 Å². The van der Waals surface area contributed by atoms with Gasteiger partial charge in [-0.25, -0.2) is 0 Å². The van der Waals surface area contributed by atoms with Crippen LogP contribution in [0.2, 0.25) is 6.04 Å². The van der Waals surface area contributed by atoms with Gasteiger partial charge in [0.1, 0.15) is 0 Å². The molecule has 1 aliphatic carbocycles. The van der Waals surface area contributed by atoms with E-state index in [1.165, 1.54) is 12.8 Å². The Morgan fingerprint density at radius 1 is 1.11 bits per heavy atom. The van der Waals surface area contributed by atoms with E-state index < -0.39 is 8.24 Å². The number of nitrogens with zero attached hydrogens (tertiary/aromatic N) is 1. The molecule has 0 spiro atoms. The zero-order chi connectivity index (χ0) is 18.7. The van der Waals surface area contributed by atoms with Crippen molar-refractivity contribution in [3.05, 3.63) is 0 Å². The van der Waals surface area contributed by atoms with Gasteiger partial charge in [0, 0.05) is 0 Å². The van der Waals surface area contributed by atoms with Gasteiger partial charge < -0.3 is 0 Å². The third-order valence-corrected chi connectivity index (χ3v) is 12.7. The molecule has 1 N–H and O–H groups in total. The van der Waals surface area contributed by atoms with Gasteiger partial charge >= 0.3 is 162 Å². The van der Waals surface area contributed by atoms with Crippen LogP contribution in [0.3, 0.4) is 0 Å². The Labute approximate surface area is 169 Å². The van der Waals surface area contributed by atoms with Crippen LogP contribution in [0.15, 0.2) is 0 Å². The molecule has 8 heteroatoms. The Morgan fingerprint density at radius 3 is 2.54 bits per heavy atom. The summed E-state index contributed by atoms with van der Waals surface area (Å²) in [6, 6.07) is 0.787. The molecule has 3 aliphatic heterocycles. The first-order valence-corrected chi connectivity index (χ1v) is 12.9. The number of hydrogen-bond acceptors (Lipinski definition) is 5. The molecule has 7 nitrogen and oxygen atoms in total. The molecule has 0 bridgehead atoms. The Bertz CT molecular complexity index is 600. The number of amides is 1. The molecule has 0 aromatic rings. The molecule has 1 atom stereocenters. The Hall–Kier alpha value is -0.953. The first-order valence-electron chi connectivity index (χ1n) is 10.5. The number of nitrogens with one attached hydrogen (secondary N) is 1. The van der Waals surface area contributed by atoms with Gasteiger partial charge in [0.2, 0.25) is 0 Å². The first kappa shape index (κ1) is 21.7. The summed E-state index contributed by atoms with van der Waals surface area (Å²) in [7, 11) is -3.31. The van der Waals surface area contributed by atoms with E-state index in [0.29, 0.717) is 6.54 Å². The van der Waals surface area contributed by atoms with Gasteiger partial charge in [-0.1, -0.05) is 7.43 Å². The topological polar surface area (TPSA) is 66.0 Å². The van der Waals surface area contributed by atoms with E-state index >= 15 is 0 Å². The van der Waals surface area contributed by atoms with Crippen LogP contribution < -0.4 is 5.32 Å². The maximum absolute atomic E-state index is 12.1. The minimum absolute atomic E-state index is 0. The second-order valence-electron chi connectivity index (χ2n) is 8.15. The van der Waals surface area contributed by atoms with E-state index in [9.17, 15) is 4.79 Å². The fraction of sp³-hybridized carbons (Fsp3) is 0.850. The molecular formula is C20H36N2O5Si. The third-order valence-electron chi connectivity index (χ3n) is 6.67. The van der Waals surface area contributed by atoms with Crippen LogP contribution in [0.25, 0.3) is 0 Å². The zero-order valence-electron chi connectivity index (χ0n) is 16.2. The van der Waals surface area contributed by atoms with Crippen LogP contribution in [-0.4, -0.2) is 77.0 Å². The fourth-order valence-electron chi connectivity index (χ4n) is 5.18. The quantitative estimate of drug-likeness (QED) is 0.392. The molecular weight excluding hydrogens is 376 g/mol. The van der Waals surface area contributed by atoms with Crippen molar-refractivity contribution in [2.75, 3.05) is 52.6 Å². The predicted octanol–water partition coefficient (Wildman–Crippen LogP) is 1.78. The van der Waals surface area contributed by atoms with Gasteiger partial charge in [0.25, 0.3) is 0 Å². The van der Waals surface area contributed by atoms with E-state index in [1.54, 1.807) is 0 Å². The molecule has 4 rings (SSSR count). The fourth-order valence-corrected chi connectivity index (χ4v) is 11.0.